The highest BCUT2D eigenvalue weighted by Crippen LogP contribution is 2.19. The predicted octanol–water partition coefficient (Wildman–Crippen LogP) is 2.11. The first kappa shape index (κ1) is 16.0. The highest BCUT2D eigenvalue weighted by atomic mass is 16.5. The van der Waals surface area contributed by atoms with Crippen molar-refractivity contribution < 1.29 is 19.1 Å². The molecule has 0 fully saturated rings. The zero-order valence-electron chi connectivity index (χ0n) is 12.2. The van der Waals surface area contributed by atoms with E-state index in [1.807, 2.05) is 13.0 Å². The van der Waals surface area contributed by atoms with Gasteiger partial charge in [-0.25, -0.2) is 0 Å². The second-order valence-electron chi connectivity index (χ2n) is 4.14. The number of carbonyl (C=O) groups excluding carboxylic acids is 2. The van der Waals surface area contributed by atoms with Crippen LogP contribution in [0.3, 0.4) is 0 Å². The Kier molecular flexibility index (Phi) is 6.56. The molecule has 0 aliphatic rings. The van der Waals surface area contributed by atoms with Crippen molar-refractivity contribution in [1.82, 2.24) is 4.90 Å². The van der Waals surface area contributed by atoms with E-state index >= 15 is 0 Å². The van der Waals surface area contributed by atoms with E-state index < -0.39 is 0 Å². The van der Waals surface area contributed by atoms with Crippen LogP contribution in [0.25, 0.3) is 0 Å². The Morgan fingerprint density at radius 1 is 1.20 bits per heavy atom. The maximum Gasteiger partial charge on any atom is 0.307 e. The average Bonchev–Trinajstić information content (AvgIpc) is 2.47. The van der Waals surface area contributed by atoms with Gasteiger partial charge in [0, 0.05) is 13.1 Å². The molecule has 110 valence electrons. The minimum atomic E-state index is -0.293. The third-order valence-electron chi connectivity index (χ3n) is 2.90. The zero-order chi connectivity index (χ0) is 15.0. The molecule has 0 saturated carbocycles. The van der Waals surface area contributed by atoms with Gasteiger partial charge in [0.2, 0.25) is 0 Å². The van der Waals surface area contributed by atoms with Crippen molar-refractivity contribution in [3.63, 3.8) is 0 Å². The van der Waals surface area contributed by atoms with Crippen LogP contribution in [0.5, 0.6) is 5.75 Å². The van der Waals surface area contributed by atoms with Crippen LogP contribution in [0.15, 0.2) is 24.3 Å². The number of ether oxygens (including phenoxy) is 2. The fourth-order valence-corrected chi connectivity index (χ4v) is 1.85. The summed E-state index contributed by atoms with van der Waals surface area (Å²) in [6.07, 6.45) is 0.197. The van der Waals surface area contributed by atoms with Crippen molar-refractivity contribution >= 4 is 11.9 Å². The third-order valence-corrected chi connectivity index (χ3v) is 2.90. The van der Waals surface area contributed by atoms with Gasteiger partial charge >= 0.3 is 5.97 Å². The lowest BCUT2D eigenvalue weighted by atomic mass is 10.1. The standard InChI is InChI=1S/C15H21NO4/c1-4-16(11-10-14(17)20-5-2)15(18)12-8-6-7-9-13(12)19-3/h6-9H,4-5,10-11H2,1-3H3. The Morgan fingerprint density at radius 2 is 1.90 bits per heavy atom. The van der Waals surface area contributed by atoms with E-state index in [0.717, 1.165) is 0 Å². The van der Waals surface area contributed by atoms with Crippen LogP contribution in [0.1, 0.15) is 30.6 Å². The van der Waals surface area contributed by atoms with Gasteiger partial charge in [-0.2, -0.15) is 0 Å². The van der Waals surface area contributed by atoms with Crippen molar-refractivity contribution in [1.29, 1.82) is 0 Å². The van der Waals surface area contributed by atoms with Gasteiger partial charge < -0.3 is 14.4 Å². The fraction of sp³-hybridized carbons (Fsp3) is 0.467. The Morgan fingerprint density at radius 3 is 2.50 bits per heavy atom. The van der Waals surface area contributed by atoms with Crippen molar-refractivity contribution in [3.8, 4) is 5.75 Å². The van der Waals surface area contributed by atoms with Crippen molar-refractivity contribution in [2.24, 2.45) is 0 Å². The van der Waals surface area contributed by atoms with Gasteiger partial charge in [-0.15, -0.1) is 0 Å². The van der Waals surface area contributed by atoms with Gasteiger partial charge in [-0.05, 0) is 26.0 Å². The molecule has 0 saturated heterocycles. The van der Waals surface area contributed by atoms with Gasteiger partial charge in [0.1, 0.15) is 5.75 Å². The number of methoxy groups -OCH3 is 1. The molecule has 0 heterocycles. The van der Waals surface area contributed by atoms with Gasteiger partial charge in [0.15, 0.2) is 0 Å². The highest BCUT2D eigenvalue weighted by Gasteiger charge is 2.18. The van der Waals surface area contributed by atoms with Crippen LogP contribution in [0.2, 0.25) is 0 Å². The fourth-order valence-electron chi connectivity index (χ4n) is 1.85. The van der Waals surface area contributed by atoms with E-state index in [1.165, 1.54) is 7.11 Å². The highest BCUT2D eigenvalue weighted by molar-refractivity contribution is 5.97. The predicted molar refractivity (Wildman–Crippen MR) is 75.8 cm³/mol. The molecule has 5 heteroatoms. The Balaban J connectivity index is 2.74. The van der Waals surface area contributed by atoms with Crippen LogP contribution in [0.4, 0.5) is 0 Å². The first-order chi connectivity index (χ1) is 9.63. The summed E-state index contributed by atoms with van der Waals surface area (Å²) >= 11 is 0. The summed E-state index contributed by atoms with van der Waals surface area (Å²) in [7, 11) is 1.53. The summed E-state index contributed by atoms with van der Waals surface area (Å²) in [6, 6.07) is 7.06. The van der Waals surface area contributed by atoms with E-state index in [0.29, 0.717) is 31.0 Å². The molecule has 1 rings (SSSR count). The molecule has 0 aliphatic heterocycles. The zero-order valence-corrected chi connectivity index (χ0v) is 12.2. The lowest BCUT2D eigenvalue weighted by molar-refractivity contribution is -0.143. The van der Waals surface area contributed by atoms with Crippen molar-refractivity contribution in [2.45, 2.75) is 20.3 Å². The van der Waals surface area contributed by atoms with E-state index in [9.17, 15) is 9.59 Å². The normalized spacial score (nSPS) is 9.95. The monoisotopic (exact) mass is 279 g/mol. The lowest BCUT2D eigenvalue weighted by Crippen LogP contribution is -2.33. The molecule has 1 aromatic rings. The second-order valence-corrected chi connectivity index (χ2v) is 4.14. The summed E-state index contributed by atoms with van der Waals surface area (Å²) in [5, 5.41) is 0. The quantitative estimate of drug-likeness (QED) is 0.717. The number of carbonyl (C=O) groups is 2. The maximum atomic E-state index is 12.4. The number of para-hydroxylation sites is 1. The van der Waals surface area contributed by atoms with Gasteiger partial charge in [0.05, 0.1) is 25.7 Å². The van der Waals surface area contributed by atoms with Crippen molar-refractivity contribution in [2.75, 3.05) is 26.8 Å². The van der Waals surface area contributed by atoms with Crippen LogP contribution in [-0.2, 0) is 9.53 Å². The minimum absolute atomic E-state index is 0.144. The molecule has 0 spiro atoms. The van der Waals surface area contributed by atoms with Crippen LogP contribution in [-0.4, -0.2) is 43.6 Å². The average molecular weight is 279 g/mol. The molecular formula is C15H21NO4. The molecule has 20 heavy (non-hydrogen) atoms. The number of hydrogen-bond donors (Lipinski definition) is 0. The van der Waals surface area contributed by atoms with Gasteiger partial charge in [-0.3, -0.25) is 9.59 Å². The summed E-state index contributed by atoms with van der Waals surface area (Å²) in [5.41, 5.74) is 0.501. The summed E-state index contributed by atoms with van der Waals surface area (Å²) in [5.74, 6) is 0.0973. The Hall–Kier alpha value is -2.04. The number of rotatable bonds is 7. The lowest BCUT2D eigenvalue weighted by Gasteiger charge is -2.21. The molecule has 0 atom stereocenters. The van der Waals surface area contributed by atoms with Crippen molar-refractivity contribution in [3.05, 3.63) is 29.8 Å². The van der Waals surface area contributed by atoms with E-state index in [4.69, 9.17) is 9.47 Å². The van der Waals surface area contributed by atoms with Gasteiger partial charge in [-0.1, -0.05) is 12.1 Å². The smallest absolute Gasteiger partial charge is 0.307 e. The molecular weight excluding hydrogens is 258 g/mol. The third kappa shape index (κ3) is 4.26. The summed E-state index contributed by atoms with van der Waals surface area (Å²) in [4.78, 5) is 25.4. The Labute approximate surface area is 119 Å². The van der Waals surface area contributed by atoms with E-state index in [2.05, 4.69) is 0 Å². The van der Waals surface area contributed by atoms with Crippen LogP contribution < -0.4 is 4.74 Å². The summed E-state index contributed by atoms with van der Waals surface area (Å²) in [6.45, 7) is 4.85. The van der Waals surface area contributed by atoms with E-state index in [-0.39, 0.29) is 18.3 Å². The number of hydrogen-bond acceptors (Lipinski definition) is 4. The molecule has 0 aliphatic carbocycles. The molecule has 0 N–H and O–H groups in total. The van der Waals surface area contributed by atoms with Gasteiger partial charge in [0.25, 0.3) is 5.91 Å². The number of amides is 1. The SMILES string of the molecule is CCOC(=O)CCN(CC)C(=O)c1ccccc1OC. The number of nitrogens with zero attached hydrogens (tertiary/aromatic N) is 1. The summed E-state index contributed by atoms with van der Waals surface area (Å²) < 4.78 is 10.1. The molecule has 0 unspecified atom stereocenters. The first-order valence-corrected chi connectivity index (χ1v) is 6.71. The molecule has 0 bridgehead atoms. The molecule has 0 radical (unpaired) electrons. The number of esters is 1. The van der Waals surface area contributed by atoms with Crippen LogP contribution >= 0.6 is 0 Å². The largest absolute Gasteiger partial charge is 0.496 e. The maximum absolute atomic E-state index is 12.4. The molecule has 1 amide bonds. The minimum Gasteiger partial charge on any atom is -0.496 e. The molecule has 1 aromatic carbocycles. The molecule has 0 aromatic heterocycles. The Bertz CT molecular complexity index is 459. The first-order valence-electron chi connectivity index (χ1n) is 6.71. The number of benzene rings is 1. The topological polar surface area (TPSA) is 55.8 Å². The van der Waals surface area contributed by atoms with Crippen LogP contribution in [0, 0.1) is 0 Å². The second kappa shape index (κ2) is 8.19. The molecule has 5 nitrogen and oxygen atoms in total. The van der Waals surface area contributed by atoms with E-state index in [1.54, 1.807) is 30.0 Å².